The van der Waals surface area contributed by atoms with Crippen LogP contribution < -0.4 is 5.32 Å². The molecule has 0 amide bonds. The Morgan fingerprint density at radius 2 is 2.17 bits per heavy atom. The molecule has 1 aromatic carbocycles. The minimum Gasteiger partial charge on any atom is -0.427 e. The lowest BCUT2D eigenvalue weighted by Gasteiger charge is -2.23. The Hall–Kier alpha value is -1.61. The van der Waals surface area contributed by atoms with Gasteiger partial charge in [0.25, 0.3) is 0 Å². The van der Waals surface area contributed by atoms with Gasteiger partial charge in [0.2, 0.25) is 0 Å². The molecule has 2 aromatic heterocycles. The number of fused-ring (bicyclic) bond motifs is 1. The van der Waals surface area contributed by atoms with E-state index in [-0.39, 0.29) is 0 Å². The maximum Gasteiger partial charge on any atom is 0.398 e. The minimum atomic E-state index is 0.461. The lowest BCUT2D eigenvalue weighted by molar-refractivity contribution is 0.326. The Morgan fingerprint density at radius 3 is 2.90 bits per heavy atom. The summed E-state index contributed by atoms with van der Waals surface area (Å²) in [6, 6.07) is 9.74. The third kappa shape index (κ3) is 5.51. The molecule has 0 aliphatic heterocycles. The van der Waals surface area contributed by atoms with Crippen LogP contribution in [0.5, 0.6) is 0 Å². The van der Waals surface area contributed by atoms with Crippen molar-refractivity contribution in [2.45, 2.75) is 19.8 Å². The van der Waals surface area contributed by atoms with Gasteiger partial charge in [0, 0.05) is 30.3 Å². The number of aromatic nitrogens is 3. The number of hydrogen-bond acceptors (Lipinski definition) is 5. The first-order valence-electron chi connectivity index (χ1n) is 9.62. The summed E-state index contributed by atoms with van der Waals surface area (Å²) in [7, 11) is 5.44. The maximum absolute atomic E-state index is 6.42. The van der Waals surface area contributed by atoms with Crippen molar-refractivity contribution in [3.8, 4) is 11.3 Å². The molecule has 2 heterocycles. The van der Waals surface area contributed by atoms with Crippen LogP contribution in [0.25, 0.3) is 16.9 Å². The van der Waals surface area contributed by atoms with Gasteiger partial charge in [0.1, 0.15) is 5.82 Å². The predicted molar refractivity (Wildman–Crippen MR) is 123 cm³/mol. The number of nitrogens with one attached hydrogen (secondary N) is 1. The first-order valence-corrected chi connectivity index (χ1v) is 10.8. The van der Waals surface area contributed by atoms with Crippen LogP contribution in [0.2, 0.25) is 5.02 Å². The van der Waals surface area contributed by atoms with E-state index >= 15 is 0 Å². The van der Waals surface area contributed by atoms with E-state index in [1.54, 1.807) is 20.9 Å². The molecule has 0 bridgehead atoms. The highest BCUT2D eigenvalue weighted by molar-refractivity contribution is 9.10. The molecular weight excluding hydrogens is 452 g/mol. The molecule has 3 rings (SSSR count). The SMILES string of the molecule is CCCC(CNc1cc(-c2ccccc2Cl)nc2c(Br)cnn12)CN(C)[B]OC. The molecule has 3 aromatic rings. The van der Waals surface area contributed by atoms with Gasteiger partial charge < -0.3 is 14.8 Å². The topological polar surface area (TPSA) is 54.7 Å². The fourth-order valence-electron chi connectivity index (χ4n) is 3.41. The van der Waals surface area contributed by atoms with Gasteiger partial charge in [0.15, 0.2) is 5.65 Å². The Morgan fingerprint density at radius 1 is 1.38 bits per heavy atom. The van der Waals surface area contributed by atoms with Crippen molar-refractivity contribution in [1.29, 1.82) is 0 Å². The summed E-state index contributed by atoms with van der Waals surface area (Å²) in [5.74, 6) is 1.34. The number of anilines is 1. The summed E-state index contributed by atoms with van der Waals surface area (Å²) in [5.41, 5.74) is 2.46. The lowest BCUT2D eigenvalue weighted by Crippen LogP contribution is -2.33. The number of benzene rings is 1. The Labute approximate surface area is 186 Å². The number of hydrogen-bond donors (Lipinski definition) is 1. The van der Waals surface area contributed by atoms with E-state index < -0.39 is 0 Å². The second kappa shape index (κ2) is 10.4. The largest absolute Gasteiger partial charge is 0.427 e. The van der Waals surface area contributed by atoms with Gasteiger partial charge in [-0.3, -0.25) is 0 Å². The second-order valence-corrected chi connectivity index (χ2v) is 8.31. The quantitative estimate of drug-likeness (QED) is 0.427. The van der Waals surface area contributed by atoms with Crippen molar-refractivity contribution in [3.05, 3.63) is 46.0 Å². The number of rotatable bonds is 10. The molecule has 0 aliphatic rings. The van der Waals surface area contributed by atoms with Gasteiger partial charge in [-0.05, 0) is 47.9 Å². The molecular formula is C20H25BBrClN5O. The zero-order valence-corrected chi connectivity index (χ0v) is 19.2. The third-order valence-corrected chi connectivity index (χ3v) is 5.57. The standard InChI is InChI=1S/C20H25BBrClN5O/c1-4-7-14(13-27(2)21-29-3)11-24-19-10-18(15-8-5-6-9-17(15)23)26-20-16(22)12-25-28(19)20/h5-6,8-10,12,14,24H,4,7,11,13H2,1-3H3. The van der Waals surface area contributed by atoms with E-state index in [0.717, 1.165) is 53.1 Å². The Balaban J connectivity index is 1.88. The average Bonchev–Trinajstić information content (AvgIpc) is 3.07. The molecule has 1 unspecified atom stereocenters. The van der Waals surface area contributed by atoms with Crippen molar-refractivity contribution in [2.75, 3.05) is 32.6 Å². The van der Waals surface area contributed by atoms with E-state index in [4.69, 9.17) is 21.2 Å². The van der Waals surface area contributed by atoms with E-state index in [2.05, 4.69) is 38.1 Å². The first kappa shape index (κ1) is 22.1. The van der Waals surface area contributed by atoms with Gasteiger partial charge in [0.05, 0.1) is 16.4 Å². The predicted octanol–water partition coefficient (Wildman–Crippen LogP) is 4.75. The summed E-state index contributed by atoms with van der Waals surface area (Å²) in [6.45, 7) is 3.93. The van der Waals surface area contributed by atoms with Crippen molar-refractivity contribution >= 4 is 46.6 Å². The van der Waals surface area contributed by atoms with Crippen LogP contribution >= 0.6 is 27.5 Å². The molecule has 1 radical (unpaired) electrons. The van der Waals surface area contributed by atoms with Crippen molar-refractivity contribution in [2.24, 2.45) is 5.92 Å². The van der Waals surface area contributed by atoms with Crippen molar-refractivity contribution < 1.29 is 4.65 Å². The second-order valence-electron chi connectivity index (χ2n) is 7.05. The van der Waals surface area contributed by atoms with Gasteiger partial charge in [-0.1, -0.05) is 43.1 Å². The fraction of sp³-hybridized carbons (Fsp3) is 0.400. The molecule has 1 atom stereocenters. The van der Waals surface area contributed by atoms with Crippen molar-refractivity contribution in [3.63, 3.8) is 0 Å². The summed E-state index contributed by atoms with van der Waals surface area (Å²) in [5, 5.41) is 8.72. The van der Waals surface area contributed by atoms with Gasteiger partial charge in [-0.25, -0.2) is 4.98 Å². The lowest BCUT2D eigenvalue weighted by atomic mass is 10.0. The van der Waals surface area contributed by atoms with E-state index in [9.17, 15) is 0 Å². The number of nitrogens with zero attached hydrogens (tertiary/aromatic N) is 4. The molecule has 29 heavy (non-hydrogen) atoms. The molecule has 0 fully saturated rings. The van der Waals surface area contributed by atoms with E-state index in [1.807, 2.05) is 41.9 Å². The van der Waals surface area contributed by atoms with Crippen LogP contribution in [-0.4, -0.2) is 54.3 Å². The van der Waals surface area contributed by atoms with E-state index in [0.29, 0.717) is 10.9 Å². The van der Waals surface area contributed by atoms with E-state index in [1.165, 1.54) is 0 Å². The smallest absolute Gasteiger partial charge is 0.398 e. The van der Waals surface area contributed by atoms with Crippen LogP contribution in [0.15, 0.2) is 41.0 Å². The summed E-state index contributed by atoms with van der Waals surface area (Å²) in [6.07, 6.45) is 4.00. The normalized spacial score (nSPS) is 12.5. The van der Waals surface area contributed by atoms with Gasteiger partial charge >= 0.3 is 7.62 Å². The molecule has 9 heteroatoms. The average molecular weight is 478 g/mol. The zero-order chi connectivity index (χ0) is 20.8. The maximum atomic E-state index is 6.42. The van der Waals surface area contributed by atoms with Crippen LogP contribution in [0.1, 0.15) is 19.8 Å². The van der Waals surface area contributed by atoms with Gasteiger partial charge in [-0.2, -0.15) is 9.61 Å². The zero-order valence-electron chi connectivity index (χ0n) is 16.9. The summed E-state index contributed by atoms with van der Waals surface area (Å²) < 4.78 is 7.78. The van der Waals surface area contributed by atoms with Crippen LogP contribution in [0, 0.1) is 5.92 Å². The van der Waals surface area contributed by atoms with Gasteiger partial charge in [-0.15, -0.1) is 0 Å². The molecule has 1 N–H and O–H groups in total. The summed E-state index contributed by atoms with van der Waals surface area (Å²) >= 11 is 9.97. The first-order chi connectivity index (χ1) is 14.0. The highest BCUT2D eigenvalue weighted by Gasteiger charge is 2.16. The molecule has 0 aliphatic carbocycles. The van der Waals surface area contributed by atoms with Crippen LogP contribution in [0.3, 0.4) is 0 Å². The highest BCUT2D eigenvalue weighted by Crippen LogP contribution is 2.30. The molecule has 0 saturated carbocycles. The molecule has 0 spiro atoms. The fourth-order valence-corrected chi connectivity index (χ4v) is 3.99. The van der Waals surface area contributed by atoms with Crippen LogP contribution in [-0.2, 0) is 4.65 Å². The Kier molecular flexibility index (Phi) is 7.95. The third-order valence-electron chi connectivity index (χ3n) is 4.68. The minimum absolute atomic E-state index is 0.461. The molecule has 0 saturated heterocycles. The molecule has 6 nitrogen and oxygen atoms in total. The monoisotopic (exact) mass is 476 g/mol. The summed E-state index contributed by atoms with van der Waals surface area (Å²) in [4.78, 5) is 6.84. The highest BCUT2D eigenvalue weighted by atomic mass is 79.9. The van der Waals surface area contributed by atoms with Crippen molar-refractivity contribution in [1.82, 2.24) is 19.4 Å². The molecule has 153 valence electrons. The van der Waals surface area contributed by atoms with Crippen LogP contribution in [0.4, 0.5) is 5.82 Å². The Bertz CT molecular complexity index is 954. The number of halogens is 2.